The fourth-order valence-corrected chi connectivity index (χ4v) is 5.81. The Labute approximate surface area is 221 Å². The van der Waals surface area contributed by atoms with Crippen LogP contribution in [0.1, 0.15) is 41.6 Å². The number of nitrogens with zero attached hydrogens (tertiary/aromatic N) is 1. The monoisotopic (exact) mass is 532 g/mol. The van der Waals surface area contributed by atoms with Crippen LogP contribution in [0, 0.1) is 5.92 Å². The minimum absolute atomic E-state index is 0.130. The fourth-order valence-electron chi connectivity index (χ4n) is 5.81. The van der Waals surface area contributed by atoms with E-state index in [2.05, 4.69) is 10.6 Å². The zero-order chi connectivity index (χ0) is 27.3. The number of piperidine rings is 1. The van der Waals surface area contributed by atoms with Crippen molar-refractivity contribution in [3.63, 3.8) is 0 Å². The van der Waals surface area contributed by atoms with Gasteiger partial charge in [0, 0.05) is 49.0 Å². The average molecular weight is 533 g/mol. The lowest BCUT2D eigenvalue weighted by Gasteiger charge is -2.47. The van der Waals surface area contributed by atoms with Crippen molar-refractivity contribution in [3.8, 4) is 0 Å². The Kier molecular flexibility index (Phi) is 8.78. The molecule has 0 radical (unpaired) electrons. The second-order valence-corrected chi connectivity index (χ2v) is 10.2. The molecular formula is C26H38N5O7+. The van der Waals surface area contributed by atoms with E-state index in [-0.39, 0.29) is 66.6 Å². The number of carbonyl (C=O) groups excluding carboxylic acids is 4. The lowest BCUT2D eigenvalue weighted by atomic mass is 9.79. The molecule has 4 rings (SSSR count). The lowest BCUT2D eigenvalue weighted by Crippen LogP contribution is -2.73. The summed E-state index contributed by atoms with van der Waals surface area (Å²) >= 11 is 0. The zero-order valence-electron chi connectivity index (χ0n) is 21.8. The smallest absolute Gasteiger partial charge is 0.347 e. The van der Waals surface area contributed by atoms with Crippen LogP contribution < -0.4 is 22.1 Å². The molecule has 2 heterocycles. The SMILES string of the molecule is C[N+]1(C2(C3CC3NC(=O)CCOCCOCCOCCN)CCC(=O)NC2=O)Cc2c(N)cccc2C1=O. The van der Waals surface area contributed by atoms with Crippen LogP contribution in [-0.4, -0.2) is 92.9 Å². The number of imide groups is 1. The molecule has 1 saturated heterocycles. The molecule has 2 aliphatic heterocycles. The molecule has 1 saturated carbocycles. The van der Waals surface area contributed by atoms with Gasteiger partial charge in [-0.2, -0.15) is 0 Å². The molecule has 38 heavy (non-hydrogen) atoms. The van der Waals surface area contributed by atoms with Crippen molar-refractivity contribution in [2.24, 2.45) is 11.7 Å². The normalized spacial score (nSPS) is 28.2. The first-order valence-corrected chi connectivity index (χ1v) is 13.1. The topological polar surface area (TPSA) is 172 Å². The van der Waals surface area contributed by atoms with Crippen molar-refractivity contribution in [1.29, 1.82) is 0 Å². The maximum Gasteiger partial charge on any atom is 0.347 e. The molecule has 208 valence electrons. The average Bonchev–Trinajstić information content (AvgIpc) is 3.58. The number of quaternary nitrogens is 1. The number of anilines is 1. The summed E-state index contributed by atoms with van der Waals surface area (Å²) in [5.41, 5.74) is 12.1. The number of benzene rings is 1. The van der Waals surface area contributed by atoms with Crippen LogP contribution in [0.25, 0.3) is 0 Å². The van der Waals surface area contributed by atoms with Crippen molar-refractivity contribution in [3.05, 3.63) is 29.3 Å². The number of rotatable bonds is 14. The Morgan fingerprint density at radius 2 is 1.79 bits per heavy atom. The van der Waals surface area contributed by atoms with Gasteiger partial charge in [0.25, 0.3) is 5.91 Å². The predicted octanol–water partition coefficient (Wildman–Crippen LogP) is -0.552. The van der Waals surface area contributed by atoms with Gasteiger partial charge in [0.2, 0.25) is 11.8 Å². The van der Waals surface area contributed by atoms with Crippen LogP contribution in [0.2, 0.25) is 0 Å². The first-order chi connectivity index (χ1) is 18.2. The van der Waals surface area contributed by atoms with Gasteiger partial charge in [0.15, 0.2) is 5.54 Å². The summed E-state index contributed by atoms with van der Waals surface area (Å²) in [4.78, 5) is 51.9. The Hall–Kier alpha value is -2.90. The summed E-state index contributed by atoms with van der Waals surface area (Å²) < 4.78 is 15.9. The highest BCUT2D eigenvalue weighted by Crippen LogP contribution is 2.53. The summed E-state index contributed by atoms with van der Waals surface area (Å²) in [6.07, 6.45) is 1.06. The van der Waals surface area contributed by atoms with Gasteiger partial charge >= 0.3 is 5.91 Å². The number of carbonyl (C=O) groups is 4. The second-order valence-electron chi connectivity index (χ2n) is 10.2. The highest BCUT2D eigenvalue weighted by Gasteiger charge is 2.72. The lowest BCUT2D eigenvalue weighted by molar-refractivity contribution is -0.885. The number of nitrogens with two attached hydrogens (primary N) is 2. The first kappa shape index (κ1) is 28.1. The Morgan fingerprint density at radius 1 is 1.11 bits per heavy atom. The van der Waals surface area contributed by atoms with Crippen LogP contribution in [-0.2, 0) is 35.1 Å². The number of amides is 4. The minimum atomic E-state index is -1.18. The van der Waals surface area contributed by atoms with Gasteiger partial charge in [0.1, 0.15) is 6.54 Å². The van der Waals surface area contributed by atoms with E-state index >= 15 is 0 Å². The van der Waals surface area contributed by atoms with Crippen molar-refractivity contribution >= 4 is 29.3 Å². The quantitative estimate of drug-likeness (QED) is 0.106. The summed E-state index contributed by atoms with van der Waals surface area (Å²) in [5, 5.41) is 5.46. The number of ether oxygens (including phenoxy) is 3. The number of nitrogens with one attached hydrogen (secondary N) is 2. The molecule has 0 aromatic heterocycles. The molecule has 1 aliphatic carbocycles. The van der Waals surface area contributed by atoms with Crippen LogP contribution in [0.4, 0.5) is 5.69 Å². The van der Waals surface area contributed by atoms with E-state index in [9.17, 15) is 19.2 Å². The third-order valence-corrected chi connectivity index (χ3v) is 7.86. The second kappa shape index (κ2) is 11.9. The summed E-state index contributed by atoms with van der Waals surface area (Å²) in [5.74, 6) is -1.50. The van der Waals surface area contributed by atoms with Gasteiger partial charge in [-0.05, 0) is 18.6 Å². The predicted molar refractivity (Wildman–Crippen MR) is 136 cm³/mol. The Bertz CT molecular complexity index is 1080. The van der Waals surface area contributed by atoms with Crippen LogP contribution in [0.5, 0.6) is 0 Å². The standard InChI is InChI=1S/C26H37N5O7/c1-31(16-18-17(24(31)34)3-2-4-20(18)28)26(7-5-22(32)30-25(26)35)19-15-21(19)29-23(33)6-9-36-11-13-38-14-12-37-10-8-27/h2-4,19,21H,5-16,27-28H2,1H3,(H-,29,30,32,33,35)/p+1. The summed E-state index contributed by atoms with van der Waals surface area (Å²) in [6.45, 7) is 3.13. The number of hydrogen-bond acceptors (Lipinski definition) is 9. The summed E-state index contributed by atoms with van der Waals surface area (Å²) in [7, 11) is 1.74. The van der Waals surface area contributed by atoms with Crippen molar-refractivity contribution < 1.29 is 37.9 Å². The van der Waals surface area contributed by atoms with Gasteiger partial charge in [-0.25, -0.2) is 9.28 Å². The van der Waals surface area contributed by atoms with E-state index < -0.39 is 11.4 Å². The highest BCUT2D eigenvalue weighted by atomic mass is 16.5. The van der Waals surface area contributed by atoms with E-state index in [1.54, 1.807) is 25.2 Å². The number of likely N-dealkylation sites (N-methyl/N-ethyl adjacent to an activating group) is 1. The molecule has 0 spiro atoms. The van der Waals surface area contributed by atoms with Crippen molar-refractivity contribution in [1.82, 2.24) is 10.6 Å². The van der Waals surface area contributed by atoms with Crippen molar-refractivity contribution in [2.45, 2.75) is 43.8 Å². The van der Waals surface area contributed by atoms with Crippen LogP contribution >= 0.6 is 0 Å². The molecule has 4 atom stereocenters. The van der Waals surface area contributed by atoms with E-state index in [0.717, 1.165) is 5.56 Å². The van der Waals surface area contributed by atoms with E-state index in [0.29, 0.717) is 57.3 Å². The molecule has 1 aromatic carbocycles. The molecule has 4 amide bonds. The van der Waals surface area contributed by atoms with Gasteiger partial charge in [-0.3, -0.25) is 19.7 Å². The van der Waals surface area contributed by atoms with Crippen molar-refractivity contribution in [2.75, 3.05) is 59.0 Å². The number of fused-ring (bicyclic) bond motifs is 1. The van der Waals surface area contributed by atoms with E-state index in [1.807, 2.05) is 0 Å². The Morgan fingerprint density at radius 3 is 2.45 bits per heavy atom. The van der Waals surface area contributed by atoms with E-state index in [4.69, 9.17) is 25.7 Å². The maximum atomic E-state index is 13.7. The number of hydrogen-bond donors (Lipinski definition) is 4. The Balaban J connectivity index is 1.32. The van der Waals surface area contributed by atoms with E-state index in [1.165, 1.54) is 0 Å². The highest BCUT2D eigenvalue weighted by molar-refractivity contribution is 6.05. The molecule has 1 aromatic rings. The molecule has 6 N–H and O–H groups in total. The van der Waals surface area contributed by atoms with Crippen LogP contribution in [0.3, 0.4) is 0 Å². The van der Waals surface area contributed by atoms with Gasteiger partial charge in [-0.1, -0.05) is 6.07 Å². The molecule has 0 bridgehead atoms. The van der Waals surface area contributed by atoms with Gasteiger partial charge in [-0.15, -0.1) is 0 Å². The summed E-state index contributed by atoms with van der Waals surface area (Å²) in [6, 6.07) is 4.92. The number of nitrogen functional groups attached to an aromatic ring is 1. The first-order valence-electron chi connectivity index (χ1n) is 13.1. The van der Waals surface area contributed by atoms with Gasteiger partial charge < -0.3 is 31.0 Å². The molecule has 2 fully saturated rings. The molecule has 4 unspecified atom stereocenters. The van der Waals surface area contributed by atoms with Crippen LogP contribution in [0.15, 0.2) is 18.2 Å². The third-order valence-electron chi connectivity index (χ3n) is 7.86. The minimum Gasteiger partial charge on any atom is -0.398 e. The van der Waals surface area contributed by atoms with Gasteiger partial charge in [0.05, 0.1) is 52.3 Å². The molecular weight excluding hydrogens is 494 g/mol. The molecule has 12 nitrogen and oxygen atoms in total. The third kappa shape index (κ3) is 5.45. The molecule has 12 heteroatoms. The molecule has 3 aliphatic rings. The fraction of sp³-hybridized carbons (Fsp3) is 0.615. The largest absolute Gasteiger partial charge is 0.398 e. The maximum absolute atomic E-state index is 13.7. The zero-order valence-corrected chi connectivity index (χ0v) is 21.8.